The Bertz CT molecular complexity index is 1890. The van der Waals surface area contributed by atoms with E-state index in [0.717, 1.165) is 11.1 Å². The average Bonchev–Trinajstić information content (AvgIpc) is 3.57. The van der Waals surface area contributed by atoms with Gasteiger partial charge in [-0.3, -0.25) is 19.2 Å². The summed E-state index contributed by atoms with van der Waals surface area (Å²) in [7, 11) is 0. The van der Waals surface area contributed by atoms with E-state index in [0.29, 0.717) is 38.5 Å². The van der Waals surface area contributed by atoms with Crippen LogP contribution in [0.1, 0.15) is 111 Å². The molecular weight excluding hydrogens is 744 g/mol. The Morgan fingerprint density at radius 3 is 1.43 bits per heavy atom. The highest BCUT2D eigenvalue weighted by atomic mass is 16.4. The summed E-state index contributed by atoms with van der Waals surface area (Å²) in [6.07, 6.45) is 7.58. The molecule has 0 spiro atoms. The molecule has 8 rings (SSSR count). The van der Waals surface area contributed by atoms with Crippen LogP contribution in [0.2, 0.25) is 0 Å². The first-order valence-electron chi connectivity index (χ1n) is 21.2. The van der Waals surface area contributed by atoms with E-state index in [2.05, 4.69) is 0 Å². The van der Waals surface area contributed by atoms with E-state index in [4.69, 9.17) is 0 Å². The summed E-state index contributed by atoms with van der Waals surface area (Å²) in [6.45, 7) is 7.43. The van der Waals surface area contributed by atoms with Crippen molar-refractivity contribution in [3.05, 3.63) is 47.6 Å². The van der Waals surface area contributed by atoms with Crippen molar-refractivity contribution in [1.82, 2.24) is 0 Å². The number of carbonyl (C=O) groups excluding carboxylic acids is 6. The molecule has 0 aliphatic heterocycles. The number of rotatable bonds is 9. The van der Waals surface area contributed by atoms with Gasteiger partial charge in [-0.15, -0.1) is 0 Å². The Kier molecular flexibility index (Phi) is 9.37. The molecule has 0 saturated heterocycles. The average molecular weight is 801 g/mol. The summed E-state index contributed by atoms with van der Waals surface area (Å²) in [5.41, 5.74) is -8.84. The van der Waals surface area contributed by atoms with E-state index >= 15 is 0 Å². The van der Waals surface area contributed by atoms with Gasteiger partial charge in [0.25, 0.3) is 0 Å². The number of aliphatic hydroxyl groups is 4. The topological polar surface area (TPSA) is 229 Å². The Hall–Kier alpha value is -3.58. The fourth-order valence-electron chi connectivity index (χ4n) is 15.2. The van der Waals surface area contributed by atoms with Crippen LogP contribution in [0.15, 0.2) is 47.6 Å². The van der Waals surface area contributed by atoms with Crippen LogP contribution in [-0.2, 0) is 28.8 Å². The summed E-state index contributed by atoms with van der Waals surface area (Å²) in [4.78, 5) is 79.3. The van der Waals surface area contributed by atoms with Crippen LogP contribution in [0.3, 0.4) is 0 Å². The second-order valence-corrected chi connectivity index (χ2v) is 20.5. The zero-order valence-corrected chi connectivity index (χ0v) is 33.8. The number of carbonyl (C=O) groups is 6. The number of carboxylic acids is 2. The number of ketones is 4. The molecule has 0 heterocycles. The molecule has 0 radical (unpaired) electrons. The Morgan fingerprint density at radius 2 is 1.07 bits per heavy atom. The van der Waals surface area contributed by atoms with Crippen LogP contribution < -0.4 is 10.2 Å². The summed E-state index contributed by atoms with van der Waals surface area (Å²) >= 11 is 0. The van der Waals surface area contributed by atoms with Gasteiger partial charge in [0, 0.05) is 63.7 Å². The minimum atomic E-state index is -2.68. The number of aliphatic carboxylic acids is 2. The number of allylic oxidation sites excluding steroid dienone is 8. The van der Waals surface area contributed by atoms with Crippen LogP contribution in [-0.4, -0.2) is 78.9 Å². The smallest absolute Gasteiger partial charge is 0.178 e. The number of hydrogen-bond acceptors (Lipinski definition) is 12. The van der Waals surface area contributed by atoms with Crippen molar-refractivity contribution in [1.29, 1.82) is 0 Å². The van der Waals surface area contributed by atoms with Crippen molar-refractivity contribution in [2.45, 2.75) is 135 Å². The van der Waals surface area contributed by atoms with Crippen molar-refractivity contribution >= 4 is 35.1 Å². The maximum Gasteiger partial charge on any atom is 0.178 e. The molecule has 14 atom stereocenters. The van der Waals surface area contributed by atoms with Crippen molar-refractivity contribution in [3.63, 3.8) is 0 Å². The van der Waals surface area contributed by atoms with Crippen molar-refractivity contribution in [2.75, 3.05) is 0 Å². The number of carboxylic acid groups (broad SMARTS) is 2. The second-order valence-electron chi connectivity index (χ2n) is 20.5. The van der Waals surface area contributed by atoms with Gasteiger partial charge in [-0.2, -0.15) is 0 Å². The molecular formula is C46H56O12-2. The van der Waals surface area contributed by atoms with Gasteiger partial charge < -0.3 is 40.2 Å². The molecule has 0 aromatic carbocycles. The van der Waals surface area contributed by atoms with Gasteiger partial charge >= 0.3 is 0 Å². The highest BCUT2D eigenvalue weighted by molar-refractivity contribution is 6.02. The van der Waals surface area contributed by atoms with E-state index in [9.17, 15) is 59.4 Å². The Morgan fingerprint density at radius 1 is 0.672 bits per heavy atom. The summed E-state index contributed by atoms with van der Waals surface area (Å²) in [6, 6.07) is 0. The minimum absolute atomic E-state index is 0.00409. The third kappa shape index (κ3) is 5.45. The zero-order valence-electron chi connectivity index (χ0n) is 33.8. The molecule has 0 amide bonds. The molecule has 0 aromatic heterocycles. The van der Waals surface area contributed by atoms with Crippen LogP contribution in [0.25, 0.3) is 0 Å². The largest absolute Gasteiger partial charge is 0.550 e. The van der Waals surface area contributed by atoms with Gasteiger partial charge in [0.05, 0.1) is 12.2 Å². The lowest BCUT2D eigenvalue weighted by Gasteiger charge is -2.60. The normalized spacial score (nSPS) is 47.2. The number of aliphatic hydroxyl groups excluding tert-OH is 2. The van der Waals surface area contributed by atoms with Crippen molar-refractivity contribution in [2.24, 2.45) is 62.6 Å². The first kappa shape index (κ1) is 41.2. The monoisotopic (exact) mass is 800 g/mol. The van der Waals surface area contributed by atoms with E-state index in [1.807, 2.05) is 26.0 Å². The van der Waals surface area contributed by atoms with Gasteiger partial charge in [0.2, 0.25) is 0 Å². The summed E-state index contributed by atoms with van der Waals surface area (Å²) in [5, 5.41) is 74.2. The van der Waals surface area contributed by atoms with E-state index < -0.39 is 93.3 Å². The molecule has 0 aromatic rings. The lowest BCUT2D eigenvalue weighted by molar-refractivity contribution is -0.328. The zero-order chi connectivity index (χ0) is 42.2. The molecule has 8 aliphatic carbocycles. The maximum absolute atomic E-state index is 14.6. The SMILES string of the molecule is CC12C=CC(=O)C=C1CCC1C2C(O)CC2(C)C1CCC2(O)C(=O)CC(CC(=O)[O-])(CC(=O)C1(O)CCC2C3CCC4=CC(=O)C=CC4(C)C3C(O)CC21C)C(=O)[O-]. The fourth-order valence-corrected chi connectivity index (χ4v) is 15.2. The van der Waals surface area contributed by atoms with Gasteiger partial charge in [-0.05, 0) is 119 Å². The van der Waals surface area contributed by atoms with Crippen LogP contribution in [0.4, 0.5) is 0 Å². The van der Waals surface area contributed by atoms with E-state index in [-0.39, 0.29) is 72.8 Å². The van der Waals surface area contributed by atoms with E-state index in [1.165, 1.54) is 12.2 Å². The molecule has 4 N–H and O–H groups in total. The van der Waals surface area contributed by atoms with Crippen molar-refractivity contribution < 1.29 is 59.4 Å². The summed E-state index contributed by atoms with van der Waals surface area (Å²) < 4.78 is 0. The molecule has 14 unspecified atom stereocenters. The first-order valence-corrected chi connectivity index (χ1v) is 21.2. The Labute approximate surface area is 338 Å². The van der Waals surface area contributed by atoms with E-state index in [1.54, 1.807) is 26.0 Å². The number of fused-ring (bicyclic) bond motifs is 10. The van der Waals surface area contributed by atoms with Gasteiger partial charge in [0.15, 0.2) is 23.1 Å². The predicted molar refractivity (Wildman–Crippen MR) is 202 cm³/mol. The lowest BCUT2D eigenvalue weighted by atomic mass is 9.46. The molecule has 58 heavy (non-hydrogen) atoms. The van der Waals surface area contributed by atoms with Crippen LogP contribution in [0.5, 0.6) is 0 Å². The first-order chi connectivity index (χ1) is 27.0. The molecule has 8 aliphatic rings. The highest BCUT2D eigenvalue weighted by Crippen LogP contribution is 2.69. The standard InChI is InChI=1S/C46H58O12/c1-40-13-9-26(47)17-24(40)5-7-28-30-11-15-45(57,42(30,3)19-32(49)37(28)40)34(51)21-44(39(55)56,23-36(53)54)22-35(52)46(58)16-12-31-29-8-6-25-18-27(48)10-14-41(25,2)38(29)33(50)20-43(31,46)4/h9-10,13-14,17-18,28-33,37-38,49-50,57-58H,5-8,11-12,15-16,19-23H2,1-4H3,(H,53,54)(H,55,56)/p-2. The maximum atomic E-state index is 14.6. The molecule has 12 nitrogen and oxygen atoms in total. The third-order valence-corrected chi connectivity index (χ3v) is 18.1. The third-order valence-electron chi connectivity index (χ3n) is 18.1. The fraction of sp³-hybridized carbons (Fsp3) is 0.696. The van der Waals surface area contributed by atoms with Crippen LogP contribution >= 0.6 is 0 Å². The summed E-state index contributed by atoms with van der Waals surface area (Å²) in [5.74, 6) is -7.42. The van der Waals surface area contributed by atoms with Gasteiger partial charge in [-0.25, -0.2) is 0 Å². The number of Topliss-reactive ketones (excluding diaryl/α,β-unsaturated/α-hetero) is 2. The second kappa shape index (κ2) is 13.2. The minimum Gasteiger partial charge on any atom is -0.550 e. The predicted octanol–water partition coefficient (Wildman–Crippen LogP) is 1.80. The molecule has 314 valence electrons. The Balaban J connectivity index is 1.07. The molecule has 12 heteroatoms. The molecule has 6 fully saturated rings. The van der Waals surface area contributed by atoms with Gasteiger partial charge in [-0.1, -0.05) is 51.0 Å². The molecule has 0 bridgehead atoms. The molecule has 6 saturated carbocycles. The number of hydrogen-bond donors (Lipinski definition) is 4. The highest BCUT2D eigenvalue weighted by Gasteiger charge is 2.71. The van der Waals surface area contributed by atoms with Crippen molar-refractivity contribution in [3.8, 4) is 0 Å². The van der Waals surface area contributed by atoms with Gasteiger partial charge in [0.1, 0.15) is 11.2 Å². The van der Waals surface area contributed by atoms with Crippen LogP contribution in [0, 0.1) is 62.6 Å². The lowest BCUT2D eigenvalue weighted by Crippen LogP contribution is -2.63. The quantitative estimate of drug-likeness (QED) is 0.262.